The summed E-state index contributed by atoms with van der Waals surface area (Å²) < 4.78 is 12.9. The minimum absolute atomic E-state index is 0.00972. The highest BCUT2D eigenvalue weighted by atomic mass is 32.2. The zero-order valence-electron chi connectivity index (χ0n) is 12.0. The van der Waals surface area contributed by atoms with Crippen molar-refractivity contribution in [1.82, 2.24) is 0 Å². The van der Waals surface area contributed by atoms with Crippen molar-refractivity contribution < 1.29 is 4.39 Å². The molecule has 1 aliphatic carbocycles. The van der Waals surface area contributed by atoms with Crippen LogP contribution in [0.2, 0.25) is 0 Å². The molecule has 1 nitrogen and oxygen atoms in total. The standard InChI is InChI=1S/C18H20FNS/c19-16-8-10-17(11-9-16)21-12-18(20)15-6-4-14(5-7-15)13-2-1-3-13/h4-11,13,18H,1-3,12,20H2. The Morgan fingerprint density at radius 1 is 1.05 bits per heavy atom. The van der Waals surface area contributed by atoms with Crippen LogP contribution in [0.25, 0.3) is 0 Å². The molecule has 1 unspecified atom stereocenters. The summed E-state index contributed by atoms with van der Waals surface area (Å²) in [6, 6.07) is 15.3. The summed E-state index contributed by atoms with van der Waals surface area (Å²) in [7, 11) is 0. The van der Waals surface area contributed by atoms with Gasteiger partial charge in [-0.3, -0.25) is 0 Å². The largest absolute Gasteiger partial charge is 0.323 e. The number of rotatable bonds is 5. The quantitative estimate of drug-likeness (QED) is 0.796. The van der Waals surface area contributed by atoms with Gasteiger partial charge in [-0.1, -0.05) is 30.7 Å². The van der Waals surface area contributed by atoms with Crippen LogP contribution in [-0.2, 0) is 0 Å². The van der Waals surface area contributed by atoms with Gasteiger partial charge in [-0.25, -0.2) is 4.39 Å². The first-order valence-electron chi connectivity index (χ1n) is 7.46. The highest BCUT2D eigenvalue weighted by Crippen LogP contribution is 2.36. The second kappa shape index (κ2) is 6.63. The molecule has 0 aliphatic heterocycles. The third-order valence-corrected chi connectivity index (χ3v) is 5.32. The van der Waals surface area contributed by atoms with E-state index in [1.165, 1.54) is 42.5 Å². The van der Waals surface area contributed by atoms with Gasteiger partial charge in [0.15, 0.2) is 0 Å². The lowest BCUT2D eigenvalue weighted by Gasteiger charge is -2.26. The molecular formula is C18H20FNS. The van der Waals surface area contributed by atoms with E-state index in [1.54, 1.807) is 23.9 Å². The molecule has 0 spiro atoms. The van der Waals surface area contributed by atoms with Crippen molar-refractivity contribution in [2.45, 2.75) is 36.1 Å². The third-order valence-electron chi connectivity index (χ3n) is 4.18. The fourth-order valence-electron chi connectivity index (χ4n) is 2.57. The van der Waals surface area contributed by atoms with E-state index in [1.807, 2.05) is 0 Å². The molecule has 21 heavy (non-hydrogen) atoms. The van der Waals surface area contributed by atoms with Gasteiger partial charge < -0.3 is 5.73 Å². The van der Waals surface area contributed by atoms with Crippen molar-refractivity contribution in [3.05, 3.63) is 65.5 Å². The molecule has 0 bridgehead atoms. The van der Waals surface area contributed by atoms with E-state index in [0.717, 1.165) is 16.6 Å². The van der Waals surface area contributed by atoms with Crippen LogP contribution in [0.3, 0.4) is 0 Å². The first-order chi connectivity index (χ1) is 10.2. The van der Waals surface area contributed by atoms with Gasteiger partial charge in [0.05, 0.1) is 0 Å². The van der Waals surface area contributed by atoms with Gasteiger partial charge in [-0.2, -0.15) is 0 Å². The molecule has 2 aromatic carbocycles. The number of nitrogens with two attached hydrogens (primary N) is 1. The van der Waals surface area contributed by atoms with Crippen molar-refractivity contribution in [1.29, 1.82) is 0 Å². The third kappa shape index (κ3) is 3.66. The maximum absolute atomic E-state index is 12.9. The van der Waals surface area contributed by atoms with Crippen molar-refractivity contribution in [3.63, 3.8) is 0 Å². The predicted molar refractivity (Wildman–Crippen MR) is 87.1 cm³/mol. The van der Waals surface area contributed by atoms with E-state index in [-0.39, 0.29) is 11.9 Å². The smallest absolute Gasteiger partial charge is 0.123 e. The molecule has 1 atom stereocenters. The first kappa shape index (κ1) is 14.6. The van der Waals surface area contributed by atoms with Crippen molar-refractivity contribution in [2.75, 3.05) is 5.75 Å². The lowest BCUT2D eigenvalue weighted by atomic mass is 9.80. The van der Waals surface area contributed by atoms with Crippen molar-refractivity contribution in [3.8, 4) is 0 Å². The second-order valence-electron chi connectivity index (χ2n) is 5.67. The zero-order chi connectivity index (χ0) is 14.7. The molecule has 3 rings (SSSR count). The molecule has 0 heterocycles. The fraction of sp³-hybridized carbons (Fsp3) is 0.333. The maximum atomic E-state index is 12.9. The molecule has 1 aliphatic rings. The highest BCUT2D eigenvalue weighted by Gasteiger charge is 2.19. The Kier molecular flexibility index (Phi) is 4.61. The SMILES string of the molecule is NC(CSc1ccc(F)cc1)c1ccc(C2CCC2)cc1. The highest BCUT2D eigenvalue weighted by molar-refractivity contribution is 7.99. The monoisotopic (exact) mass is 301 g/mol. The van der Waals surface area contributed by atoms with Gasteiger partial charge in [0, 0.05) is 16.7 Å². The van der Waals surface area contributed by atoms with Gasteiger partial charge in [-0.05, 0) is 54.2 Å². The molecule has 1 saturated carbocycles. The number of benzene rings is 2. The maximum Gasteiger partial charge on any atom is 0.123 e. The minimum atomic E-state index is -0.199. The molecule has 2 N–H and O–H groups in total. The summed E-state index contributed by atoms with van der Waals surface area (Å²) in [5.41, 5.74) is 8.87. The molecule has 3 heteroatoms. The molecule has 0 saturated heterocycles. The molecule has 110 valence electrons. The van der Waals surface area contributed by atoms with Crippen LogP contribution in [0.4, 0.5) is 4.39 Å². The number of hydrogen-bond donors (Lipinski definition) is 1. The lowest BCUT2D eigenvalue weighted by Crippen LogP contribution is -2.14. The molecular weight excluding hydrogens is 281 g/mol. The van der Waals surface area contributed by atoms with E-state index in [2.05, 4.69) is 24.3 Å². The van der Waals surface area contributed by atoms with E-state index < -0.39 is 0 Å². The summed E-state index contributed by atoms with van der Waals surface area (Å²) in [5.74, 6) is 1.37. The molecule has 2 aromatic rings. The van der Waals surface area contributed by atoms with E-state index in [4.69, 9.17) is 5.73 Å². The van der Waals surface area contributed by atoms with Gasteiger partial charge in [0.25, 0.3) is 0 Å². The number of halogens is 1. The number of hydrogen-bond acceptors (Lipinski definition) is 2. The topological polar surface area (TPSA) is 26.0 Å². The predicted octanol–water partition coefficient (Wildman–Crippen LogP) is 4.89. The average molecular weight is 301 g/mol. The van der Waals surface area contributed by atoms with Crippen LogP contribution in [0.15, 0.2) is 53.4 Å². The molecule has 0 radical (unpaired) electrons. The fourth-order valence-corrected chi connectivity index (χ4v) is 3.46. The summed E-state index contributed by atoms with van der Waals surface area (Å²) >= 11 is 1.67. The minimum Gasteiger partial charge on any atom is -0.323 e. The van der Waals surface area contributed by atoms with Crippen molar-refractivity contribution in [2.24, 2.45) is 5.73 Å². The van der Waals surface area contributed by atoms with Gasteiger partial charge in [0.1, 0.15) is 5.82 Å². The van der Waals surface area contributed by atoms with Crippen LogP contribution in [0.1, 0.15) is 42.3 Å². The Balaban J connectivity index is 1.56. The summed E-state index contributed by atoms with van der Waals surface area (Å²) in [4.78, 5) is 1.05. The van der Waals surface area contributed by atoms with Crippen LogP contribution in [0.5, 0.6) is 0 Å². The van der Waals surface area contributed by atoms with Crippen LogP contribution < -0.4 is 5.73 Å². The Labute approximate surface area is 129 Å². The Morgan fingerprint density at radius 3 is 2.29 bits per heavy atom. The second-order valence-corrected chi connectivity index (χ2v) is 6.76. The Hall–Kier alpha value is -1.32. The van der Waals surface area contributed by atoms with Crippen LogP contribution in [0, 0.1) is 5.82 Å². The summed E-state index contributed by atoms with van der Waals surface area (Å²) in [6.45, 7) is 0. The average Bonchev–Trinajstić information content (AvgIpc) is 2.45. The van der Waals surface area contributed by atoms with Crippen LogP contribution >= 0.6 is 11.8 Å². The Bertz CT molecular complexity index is 575. The Morgan fingerprint density at radius 2 is 1.71 bits per heavy atom. The van der Waals surface area contributed by atoms with E-state index in [0.29, 0.717) is 0 Å². The van der Waals surface area contributed by atoms with E-state index >= 15 is 0 Å². The first-order valence-corrected chi connectivity index (χ1v) is 8.45. The molecule has 1 fully saturated rings. The molecule has 0 amide bonds. The van der Waals surface area contributed by atoms with Crippen molar-refractivity contribution >= 4 is 11.8 Å². The molecule has 0 aromatic heterocycles. The zero-order valence-corrected chi connectivity index (χ0v) is 12.8. The van der Waals surface area contributed by atoms with Gasteiger partial charge in [0.2, 0.25) is 0 Å². The normalized spacial score (nSPS) is 16.5. The van der Waals surface area contributed by atoms with Gasteiger partial charge in [-0.15, -0.1) is 11.8 Å². The van der Waals surface area contributed by atoms with E-state index in [9.17, 15) is 4.39 Å². The van der Waals surface area contributed by atoms with Gasteiger partial charge >= 0.3 is 0 Å². The number of thioether (sulfide) groups is 1. The summed E-state index contributed by atoms with van der Waals surface area (Å²) in [5, 5.41) is 0. The van der Waals surface area contributed by atoms with Crippen LogP contribution in [-0.4, -0.2) is 5.75 Å². The lowest BCUT2D eigenvalue weighted by molar-refractivity contribution is 0.419. The summed E-state index contributed by atoms with van der Waals surface area (Å²) in [6.07, 6.45) is 4.01.